The normalized spacial score (nSPS) is 16.9. The number of aryl methyl sites for hydroxylation is 2. The van der Waals surface area contributed by atoms with E-state index in [9.17, 15) is 0 Å². The van der Waals surface area contributed by atoms with Crippen LogP contribution in [0.2, 0.25) is 0 Å². The van der Waals surface area contributed by atoms with Gasteiger partial charge in [-0.15, -0.1) is 0 Å². The second-order valence-corrected chi connectivity index (χ2v) is 4.90. The number of hydrogen-bond donors (Lipinski definition) is 1. The zero-order chi connectivity index (χ0) is 12.8. The van der Waals surface area contributed by atoms with Crippen LogP contribution in [0, 0.1) is 6.92 Å². The second kappa shape index (κ2) is 6.60. The molecule has 2 nitrogen and oxygen atoms in total. The molecule has 1 atom stereocenters. The zero-order valence-corrected chi connectivity index (χ0v) is 11.4. The van der Waals surface area contributed by atoms with Gasteiger partial charge < -0.3 is 10.1 Å². The van der Waals surface area contributed by atoms with Gasteiger partial charge in [-0.1, -0.05) is 24.3 Å². The van der Waals surface area contributed by atoms with Crippen LogP contribution >= 0.6 is 0 Å². The van der Waals surface area contributed by atoms with Crippen LogP contribution in [-0.2, 0) is 11.2 Å². The summed E-state index contributed by atoms with van der Waals surface area (Å²) in [4.78, 5) is 0. The molecule has 2 heteroatoms. The molecule has 0 aliphatic carbocycles. The Balaban J connectivity index is 1.95. The van der Waals surface area contributed by atoms with Crippen LogP contribution in [0.5, 0.6) is 0 Å². The molecule has 1 aliphatic rings. The van der Waals surface area contributed by atoms with E-state index in [-0.39, 0.29) is 0 Å². The molecule has 0 fully saturated rings. The first-order valence-electron chi connectivity index (χ1n) is 6.86. The lowest BCUT2D eigenvalue weighted by molar-refractivity contribution is 0.167. The summed E-state index contributed by atoms with van der Waals surface area (Å²) in [7, 11) is 2.02. The Bertz CT molecular complexity index is 411. The van der Waals surface area contributed by atoms with Crippen LogP contribution in [0.3, 0.4) is 0 Å². The third-order valence-electron chi connectivity index (χ3n) is 3.62. The van der Waals surface area contributed by atoms with Gasteiger partial charge in [0.05, 0.1) is 12.6 Å². The molecule has 0 aromatic heterocycles. The van der Waals surface area contributed by atoms with Crippen molar-refractivity contribution in [3.8, 4) is 0 Å². The summed E-state index contributed by atoms with van der Waals surface area (Å²) >= 11 is 0. The van der Waals surface area contributed by atoms with Crippen molar-refractivity contribution in [3.63, 3.8) is 0 Å². The van der Waals surface area contributed by atoms with Gasteiger partial charge in [0.1, 0.15) is 5.76 Å². The maximum absolute atomic E-state index is 5.75. The van der Waals surface area contributed by atoms with Gasteiger partial charge in [-0.3, -0.25) is 0 Å². The maximum Gasteiger partial charge on any atom is 0.109 e. The smallest absolute Gasteiger partial charge is 0.109 e. The van der Waals surface area contributed by atoms with Gasteiger partial charge in [0, 0.05) is 0 Å². The van der Waals surface area contributed by atoms with Crippen molar-refractivity contribution in [1.82, 2.24) is 5.32 Å². The Kier molecular flexibility index (Phi) is 4.82. The van der Waals surface area contributed by atoms with Gasteiger partial charge in [-0.25, -0.2) is 0 Å². The Morgan fingerprint density at radius 3 is 2.83 bits per heavy atom. The fourth-order valence-electron chi connectivity index (χ4n) is 2.44. The first-order valence-corrected chi connectivity index (χ1v) is 6.86. The highest BCUT2D eigenvalue weighted by Crippen LogP contribution is 2.18. The first-order chi connectivity index (χ1) is 8.81. The summed E-state index contributed by atoms with van der Waals surface area (Å²) in [6.07, 6.45) is 6.73. The van der Waals surface area contributed by atoms with Gasteiger partial charge in [-0.2, -0.15) is 0 Å². The second-order valence-electron chi connectivity index (χ2n) is 4.90. The fraction of sp³-hybridized carbons (Fsp3) is 0.500. The Labute approximate surface area is 110 Å². The summed E-state index contributed by atoms with van der Waals surface area (Å²) in [6.45, 7) is 3.05. The minimum Gasteiger partial charge on any atom is -0.497 e. The third kappa shape index (κ3) is 3.36. The molecule has 2 rings (SSSR count). The lowest BCUT2D eigenvalue weighted by atomic mass is 9.99. The summed E-state index contributed by atoms with van der Waals surface area (Å²) < 4.78 is 5.75. The Morgan fingerprint density at radius 2 is 2.17 bits per heavy atom. The molecular weight excluding hydrogens is 222 g/mol. The minimum atomic E-state index is 0.352. The van der Waals surface area contributed by atoms with E-state index in [4.69, 9.17) is 4.74 Å². The number of rotatable bonds is 5. The predicted octanol–water partition coefficient (Wildman–Crippen LogP) is 3.21. The summed E-state index contributed by atoms with van der Waals surface area (Å²) in [5.41, 5.74) is 2.82. The van der Waals surface area contributed by atoms with E-state index >= 15 is 0 Å². The van der Waals surface area contributed by atoms with Crippen molar-refractivity contribution in [3.05, 3.63) is 47.2 Å². The molecule has 1 aliphatic heterocycles. The highest BCUT2D eigenvalue weighted by atomic mass is 16.5. The molecule has 0 saturated heterocycles. The molecule has 1 unspecified atom stereocenters. The fourth-order valence-corrected chi connectivity index (χ4v) is 2.44. The average Bonchev–Trinajstić information content (AvgIpc) is 2.42. The van der Waals surface area contributed by atoms with Crippen LogP contribution in [0.15, 0.2) is 36.1 Å². The van der Waals surface area contributed by atoms with E-state index in [0.29, 0.717) is 6.04 Å². The Hall–Kier alpha value is -1.28. The van der Waals surface area contributed by atoms with Gasteiger partial charge >= 0.3 is 0 Å². The van der Waals surface area contributed by atoms with Crippen molar-refractivity contribution < 1.29 is 4.74 Å². The van der Waals surface area contributed by atoms with Crippen LogP contribution < -0.4 is 5.32 Å². The highest BCUT2D eigenvalue weighted by molar-refractivity contribution is 5.26. The van der Waals surface area contributed by atoms with Gasteiger partial charge in [-0.05, 0) is 56.9 Å². The molecule has 0 bridgehead atoms. The van der Waals surface area contributed by atoms with E-state index < -0.39 is 0 Å². The lowest BCUT2D eigenvalue weighted by Gasteiger charge is -2.23. The lowest BCUT2D eigenvalue weighted by Crippen LogP contribution is -2.30. The van der Waals surface area contributed by atoms with Crippen LogP contribution in [-0.4, -0.2) is 19.7 Å². The summed E-state index contributed by atoms with van der Waals surface area (Å²) in [5, 5.41) is 3.37. The van der Waals surface area contributed by atoms with Crippen molar-refractivity contribution in [2.45, 2.75) is 38.6 Å². The van der Waals surface area contributed by atoms with E-state index in [2.05, 4.69) is 42.6 Å². The summed E-state index contributed by atoms with van der Waals surface area (Å²) in [5.74, 6) is 1.14. The number of likely N-dealkylation sites (N-methyl/N-ethyl adjacent to an activating group) is 1. The highest BCUT2D eigenvalue weighted by Gasteiger charge is 2.16. The quantitative estimate of drug-likeness (QED) is 0.860. The minimum absolute atomic E-state index is 0.352. The van der Waals surface area contributed by atoms with Crippen LogP contribution in [0.1, 0.15) is 30.4 Å². The van der Waals surface area contributed by atoms with Crippen molar-refractivity contribution in [1.29, 1.82) is 0 Å². The number of ether oxygens (including phenoxy) is 1. The largest absolute Gasteiger partial charge is 0.497 e. The molecule has 0 radical (unpaired) electrons. The third-order valence-corrected chi connectivity index (χ3v) is 3.62. The molecule has 0 spiro atoms. The molecule has 0 saturated carbocycles. The molecular formula is C16H23NO. The standard InChI is InChI=1S/C16H23NO/c1-13-7-3-4-8-14(13)10-11-15(17-2)16-9-5-6-12-18-16/h3-4,7-9,15,17H,5-6,10-12H2,1-2H3. The predicted molar refractivity (Wildman–Crippen MR) is 75.6 cm³/mol. The topological polar surface area (TPSA) is 21.3 Å². The molecule has 1 aromatic carbocycles. The number of allylic oxidation sites excluding steroid dienone is 1. The Morgan fingerprint density at radius 1 is 1.33 bits per heavy atom. The van der Waals surface area contributed by atoms with Gasteiger partial charge in [0.25, 0.3) is 0 Å². The van der Waals surface area contributed by atoms with Crippen molar-refractivity contribution >= 4 is 0 Å². The van der Waals surface area contributed by atoms with E-state index in [0.717, 1.165) is 38.0 Å². The maximum atomic E-state index is 5.75. The summed E-state index contributed by atoms with van der Waals surface area (Å²) in [6, 6.07) is 8.97. The van der Waals surface area contributed by atoms with E-state index in [1.54, 1.807) is 0 Å². The molecule has 1 aromatic rings. The van der Waals surface area contributed by atoms with Crippen molar-refractivity contribution in [2.75, 3.05) is 13.7 Å². The van der Waals surface area contributed by atoms with Crippen LogP contribution in [0.4, 0.5) is 0 Å². The van der Waals surface area contributed by atoms with Gasteiger partial charge in [0.15, 0.2) is 0 Å². The van der Waals surface area contributed by atoms with Crippen molar-refractivity contribution in [2.24, 2.45) is 0 Å². The number of nitrogens with one attached hydrogen (secondary N) is 1. The molecule has 1 N–H and O–H groups in total. The molecule has 98 valence electrons. The zero-order valence-electron chi connectivity index (χ0n) is 11.4. The molecule has 0 amide bonds. The molecule has 18 heavy (non-hydrogen) atoms. The average molecular weight is 245 g/mol. The van der Waals surface area contributed by atoms with Gasteiger partial charge in [0.2, 0.25) is 0 Å². The van der Waals surface area contributed by atoms with Crippen LogP contribution in [0.25, 0.3) is 0 Å². The SMILES string of the molecule is CNC(CCc1ccccc1C)C1=CCCCO1. The first kappa shape index (κ1) is 13.2. The molecule has 1 heterocycles. The number of benzene rings is 1. The van der Waals surface area contributed by atoms with E-state index in [1.165, 1.54) is 11.1 Å². The number of hydrogen-bond acceptors (Lipinski definition) is 2. The van der Waals surface area contributed by atoms with E-state index in [1.807, 2.05) is 7.05 Å². The monoisotopic (exact) mass is 245 g/mol.